The van der Waals surface area contributed by atoms with Crippen molar-refractivity contribution in [1.82, 2.24) is 9.88 Å². The lowest BCUT2D eigenvalue weighted by molar-refractivity contribution is -0.0556. The van der Waals surface area contributed by atoms with Gasteiger partial charge in [0.2, 0.25) is 0 Å². The molecule has 2 heterocycles. The Kier molecular flexibility index (Phi) is 3.84. The summed E-state index contributed by atoms with van der Waals surface area (Å²) in [4.78, 5) is 18.8. The Morgan fingerprint density at radius 2 is 2.09 bits per heavy atom. The number of ether oxygens (including phenoxy) is 2. The van der Waals surface area contributed by atoms with E-state index in [1.807, 2.05) is 4.90 Å². The van der Waals surface area contributed by atoms with Gasteiger partial charge < -0.3 is 14.4 Å². The van der Waals surface area contributed by atoms with Crippen molar-refractivity contribution in [2.24, 2.45) is 5.92 Å². The largest absolute Gasteiger partial charge is 0.374 e. The summed E-state index contributed by atoms with van der Waals surface area (Å²) in [5, 5.41) is 0. The molecule has 0 spiro atoms. The van der Waals surface area contributed by atoms with Crippen LogP contribution in [-0.2, 0) is 9.47 Å². The number of fused-ring (bicyclic) bond motifs is 2. The molecule has 4 rings (SSSR count). The molecule has 22 heavy (non-hydrogen) atoms. The van der Waals surface area contributed by atoms with Gasteiger partial charge in [-0.2, -0.15) is 0 Å². The quantitative estimate of drug-likeness (QED) is 0.852. The van der Waals surface area contributed by atoms with Crippen LogP contribution in [0.3, 0.4) is 0 Å². The zero-order valence-electron chi connectivity index (χ0n) is 12.7. The van der Waals surface area contributed by atoms with Crippen LogP contribution in [0, 0.1) is 5.92 Å². The van der Waals surface area contributed by atoms with Crippen LogP contribution in [0.2, 0.25) is 0 Å². The highest BCUT2D eigenvalue weighted by molar-refractivity contribution is 5.94. The van der Waals surface area contributed by atoms with Crippen molar-refractivity contribution >= 4 is 5.91 Å². The van der Waals surface area contributed by atoms with E-state index in [0.29, 0.717) is 18.7 Å². The van der Waals surface area contributed by atoms with Gasteiger partial charge in [0.1, 0.15) is 6.10 Å². The van der Waals surface area contributed by atoms with Gasteiger partial charge in [-0.1, -0.05) is 0 Å². The molecule has 0 N–H and O–H groups in total. The van der Waals surface area contributed by atoms with Crippen LogP contribution in [0.5, 0.6) is 0 Å². The van der Waals surface area contributed by atoms with Gasteiger partial charge >= 0.3 is 0 Å². The van der Waals surface area contributed by atoms with E-state index >= 15 is 0 Å². The zero-order valence-corrected chi connectivity index (χ0v) is 12.7. The molecule has 2 saturated carbocycles. The lowest BCUT2D eigenvalue weighted by atomic mass is 10.1. The van der Waals surface area contributed by atoms with Crippen LogP contribution in [0.25, 0.3) is 0 Å². The molecule has 2 aliphatic carbocycles. The minimum Gasteiger partial charge on any atom is -0.374 e. The number of rotatable bonds is 4. The second-order valence-corrected chi connectivity index (χ2v) is 6.53. The van der Waals surface area contributed by atoms with Crippen LogP contribution >= 0.6 is 0 Å². The van der Waals surface area contributed by atoms with Crippen LogP contribution < -0.4 is 0 Å². The molecular formula is C17H22N2O3. The van der Waals surface area contributed by atoms with Crippen LogP contribution in [-0.4, -0.2) is 53.8 Å². The van der Waals surface area contributed by atoms with Crippen LogP contribution in [0.4, 0.5) is 0 Å². The third-order valence-electron chi connectivity index (χ3n) is 4.97. The minimum atomic E-state index is 0.0360. The first-order chi connectivity index (χ1) is 10.8. The number of carbonyl (C=O) groups excluding carboxylic acids is 1. The average Bonchev–Trinajstić information content (AvgIpc) is 3.30. The van der Waals surface area contributed by atoms with Gasteiger partial charge in [0.05, 0.1) is 18.8 Å². The van der Waals surface area contributed by atoms with Crippen LogP contribution in [0.15, 0.2) is 24.5 Å². The summed E-state index contributed by atoms with van der Waals surface area (Å²) < 4.78 is 12.1. The predicted molar refractivity (Wildman–Crippen MR) is 80.5 cm³/mol. The van der Waals surface area contributed by atoms with E-state index in [1.54, 1.807) is 24.5 Å². The second-order valence-electron chi connectivity index (χ2n) is 6.53. The number of hydrogen-bond donors (Lipinski definition) is 0. The summed E-state index contributed by atoms with van der Waals surface area (Å²) >= 11 is 0. The van der Waals surface area contributed by atoms with Crippen molar-refractivity contribution in [3.63, 3.8) is 0 Å². The highest BCUT2D eigenvalue weighted by atomic mass is 16.5. The third kappa shape index (κ3) is 2.75. The second kappa shape index (κ2) is 5.97. The van der Waals surface area contributed by atoms with E-state index < -0.39 is 0 Å². The molecule has 1 saturated heterocycles. The highest BCUT2D eigenvalue weighted by Gasteiger charge is 2.45. The van der Waals surface area contributed by atoms with Crippen molar-refractivity contribution in [3.05, 3.63) is 30.1 Å². The Morgan fingerprint density at radius 3 is 2.86 bits per heavy atom. The maximum Gasteiger partial charge on any atom is 0.254 e. The predicted octanol–water partition coefficient (Wildman–Crippen LogP) is 1.88. The van der Waals surface area contributed by atoms with Crippen molar-refractivity contribution in [2.45, 2.75) is 43.9 Å². The number of aromatic nitrogens is 1. The Balaban J connectivity index is 1.52. The van der Waals surface area contributed by atoms with Gasteiger partial charge in [0.25, 0.3) is 5.91 Å². The monoisotopic (exact) mass is 302 g/mol. The highest BCUT2D eigenvalue weighted by Crippen LogP contribution is 2.35. The Labute approximate surface area is 130 Å². The summed E-state index contributed by atoms with van der Waals surface area (Å²) in [6.07, 6.45) is 8.04. The maximum atomic E-state index is 12.8. The molecule has 5 heteroatoms. The summed E-state index contributed by atoms with van der Waals surface area (Å²) in [5.74, 6) is 0.797. The fraction of sp³-hybridized carbons (Fsp3) is 0.647. The van der Waals surface area contributed by atoms with Gasteiger partial charge in [-0.3, -0.25) is 9.78 Å². The molecule has 0 aromatic carbocycles. The molecule has 3 fully saturated rings. The van der Waals surface area contributed by atoms with Gasteiger partial charge in [0, 0.05) is 31.1 Å². The fourth-order valence-electron chi connectivity index (χ4n) is 3.55. The molecule has 118 valence electrons. The third-order valence-corrected chi connectivity index (χ3v) is 4.97. The summed E-state index contributed by atoms with van der Waals surface area (Å²) in [5.41, 5.74) is 0.696. The standard InChI is InChI=1S/C17H22N2O3/c20-17(13-5-7-18-8-6-13)19-9-10-21-15-4-3-14(19)16(15)22-11-12-1-2-12/h5-8,12,14-16H,1-4,9-11H2. The smallest absolute Gasteiger partial charge is 0.254 e. The lowest BCUT2D eigenvalue weighted by Crippen LogP contribution is -2.46. The topological polar surface area (TPSA) is 51.7 Å². The Morgan fingerprint density at radius 1 is 1.27 bits per heavy atom. The molecule has 1 aliphatic heterocycles. The molecule has 3 unspecified atom stereocenters. The van der Waals surface area contributed by atoms with Crippen molar-refractivity contribution in [2.75, 3.05) is 19.8 Å². The maximum absolute atomic E-state index is 12.8. The zero-order chi connectivity index (χ0) is 14.9. The molecule has 1 amide bonds. The van der Waals surface area contributed by atoms with Crippen LogP contribution in [0.1, 0.15) is 36.0 Å². The number of nitrogens with zero attached hydrogens (tertiary/aromatic N) is 2. The van der Waals surface area contributed by atoms with Crippen molar-refractivity contribution < 1.29 is 14.3 Å². The lowest BCUT2D eigenvalue weighted by Gasteiger charge is -2.31. The average molecular weight is 302 g/mol. The molecule has 3 aliphatic rings. The molecule has 1 aromatic heterocycles. The number of carbonyl (C=O) groups is 1. The molecule has 3 atom stereocenters. The van der Waals surface area contributed by atoms with E-state index in [2.05, 4.69) is 4.98 Å². The first-order valence-corrected chi connectivity index (χ1v) is 8.27. The van der Waals surface area contributed by atoms with Gasteiger partial charge in [-0.25, -0.2) is 0 Å². The first kappa shape index (κ1) is 14.2. The van der Waals surface area contributed by atoms with Gasteiger partial charge in [-0.15, -0.1) is 0 Å². The Hall–Kier alpha value is -1.46. The van der Waals surface area contributed by atoms with E-state index in [4.69, 9.17) is 9.47 Å². The Bertz CT molecular complexity index is 532. The van der Waals surface area contributed by atoms with E-state index in [1.165, 1.54) is 12.8 Å². The van der Waals surface area contributed by atoms with E-state index in [-0.39, 0.29) is 24.2 Å². The van der Waals surface area contributed by atoms with Gasteiger partial charge in [-0.05, 0) is 43.7 Å². The van der Waals surface area contributed by atoms with Crippen molar-refractivity contribution in [1.29, 1.82) is 0 Å². The SMILES string of the molecule is O=C(c1ccncc1)N1CCOC2CCC1C2OCC1CC1. The minimum absolute atomic E-state index is 0.0360. The normalized spacial score (nSPS) is 31.1. The van der Waals surface area contributed by atoms with Crippen molar-refractivity contribution in [3.8, 4) is 0 Å². The van der Waals surface area contributed by atoms with E-state index in [9.17, 15) is 4.79 Å². The van der Waals surface area contributed by atoms with Gasteiger partial charge in [0.15, 0.2) is 0 Å². The molecular weight excluding hydrogens is 280 g/mol. The van der Waals surface area contributed by atoms with E-state index in [0.717, 1.165) is 25.4 Å². The summed E-state index contributed by atoms with van der Waals surface area (Å²) in [6, 6.07) is 3.70. The number of pyridine rings is 1. The number of hydrogen-bond acceptors (Lipinski definition) is 4. The number of amides is 1. The molecule has 5 nitrogen and oxygen atoms in total. The molecule has 0 radical (unpaired) electrons. The first-order valence-electron chi connectivity index (χ1n) is 8.27. The summed E-state index contributed by atoms with van der Waals surface area (Å²) in [7, 11) is 0. The summed E-state index contributed by atoms with van der Waals surface area (Å²) in [6.45, 7) is 2.06. The molecule has 2 bridgehead atoms. The molecule has 1 aromatic rings. The fourth-order valence-corrected chi connectivity index (χ4v) is 3.55.